The van der Waals surface area contributed by atoms with Gasteiger partial charge < -0.3 is 19.0 Å². The van der Waals surface area contributed by atoms with Crippen molar-refractivity contribution in [3.05, 3.63) is 46.2 Å². The van der Waals surface area contributed by atoms with Crippen molar-refractivity contribution < 1.29 is 18.7 Å². The van der Waals surface area contributed by atoms with Crippen LogP contribution in [0.15, 0.2) is 16.5 Å². The van der Waals surface area contributed by atoms with Gasteiger partial charge in [-0.25, -0.2) is 4.79 Å². The Morgan fingerprint density at radius 3 is 2.46 bits per heavy atom. The number of nitrogens with zero attached hydrogens (tertiary/aromatic N) is 1. The Kier molecular flexibility index (Phi) is 5.17. The summed E-state index contributed by atoms with van der Waals surface area (Å²) in [5, 5.41) is 0. The van der Waals surface area contributed by atoms with Gasteiger partial charge in [0, 0.05) is 12.7 Å². The van der Waals surface area contributed by atoms with E-state index in [0.29, 0.717) is 34.8 Å². The zero-order chi connectivity index (χ0) is 18.0. The maximum absolute atomic E-state index is 12.7. The Balaban J connectivity index is 2.22. The molecule has 130 valence electrons. The van der Waals surface area contributed by atoms with Crippen LogP contribution in [0.5, 0.6) is 0 Å². The summed E-state index contributed by atoms with van der Waals surface area (Å²) in [4.78, 5) is 29.5. The molecule has 6 heteroatoms. The summed E-state index contributed by atoms with van der Waals surface area (Å²) in [6, 6.07) is 3.70. The summed E-state index contributed by atoms with van der Waals surface area (Å²) in [7, 11) is 1.70. The van der Waals surface area contributed by atoms with Crippen LogP contribution in [0.4, 0.5) is 0 Å². The number of aromatic amines is 1. The van der Waals surface area contributed by atoms with Crippen LogP contribution in [-0.2, 0) is 11.3 Å². The van der Waals surface area contributed by atoms with Gasteiger partial charge in [-0.3, -0.25) is 4.79 Å². The number of aromatic nitrogens is 1. The number of carbonyl (C=O) groups is 2. The molecular formula is C18H24N2O4. The lowest BCUT2D eigenvalue weighted by atomic mass is 10.1. The average Bonchev–Trinajstić information content (AvgIpc) is 3.00. The molecule has 0 radical (unpaired) electrons. The third-order valence-corrected chi connectivity index (χ3v) is 3.73. The van der Waals surface area contributed by atoms with Gasteiger partial charge >= 0.3 is 5.97 Å². The first-order valence-corrected chi connectivity index (χ1v) is 7.91. The molecule has 2 aromatic rings. The van der Waals surface area contributed by atoms with E-state index < -0.39 is 5.97 Å². The number of aryl methyl sites for hydroxylation is 2. The second-order valence-corrected chi connectivity index (χ2v) is 6.25. The molecule has 0 atom stereocenters. The number of H-pyrrole nitrogens is 1. The van der Waals surface area contributed by atoms with Crippen molar-refractivity contribution in [3.63, 3.8) is 0 Å². The van der Waals surface area contributed by atoms with Gasteiger partial charge in [0.25, 0.3) is 5.91 Å². The van der Waals surface area contributed by atoms with E-state index in [1.807, 2.05) is 19.1 Å². The molecule has 24 heavy (non-hydrogen) atoms. The second kappa shape index (κ2) is 6.95. The van der Waals surface area contributed by atoms with Crippen LogP contribution >= 0.6 is 0 Å². The Labute approximate surface area is 141 Å². The molecule has 0 aliphatic carbocycles. The number of hydrogen-bond donors (Lipinski definition) is 1. The summed E-state index contributed by atoms with van der Waals surface area (Å²) < 4.78 is 10.8. The number of esters is 1. The van der Waals surface area contributed by atoms with Crippen LogP contribution < -0.4 is 0 Å². The Morgan fingerprint density at radius 2 is 1.92 bits per heavy atom. The highest BCUT2D eigenvalue weighted by molar-refractivity contribution is 6.00. The number of carbonyl (C=O) groups excluding carboxylic acids is 2. The van der Waals surface area contributed by atoms with Crippen molar-refractivity contribution in [3.8, 4) is 0 Å². The molecular weight excluding hydrogens is 308 g/mol. The van der Waals surface area contributed by atoms with Crippen LogP contribution in [0.1, 0.15) is 57.5 Å². The number of hydrogen-bond acceptors (Lipinski definition) is 4. The minimum atomic E-state index is -0.417. The molecule has 0 bridgehead atoms. The fourth-order valence-electron chi connectivity index (χ4n) is 2.61. The number of ether oxygens (including phenoxy) is 1. The fraction of sp³-hybridized carbons (Fsp3) is 0.444. The van der Waals surface area contributed by atoms with E-state index in [1.165, 1.54) is 0 Å². The molecule has 1 amide bonds. The number of nitrogens with one attached hydrogen (secondary N) is 1. The first-order chi connectivity index (χ1) is 11.2. The van der Waals surface area contributed by atoms with E-state index in [4.69, 9.17) is 9.15 Å². The largest absolute Gasteiger partial charge is 0.464 e. The summed E-state index contributed by atoms with van der Waals surface area (Å²) >= 11 is 0. The van der Waals surface area contributed by atoms with Crippen LogP contribution in [0.25, 0.3) is 0 Å². The molecule has 6 nitrogen and oxygen atoms in total. The maximum atomic E-state index is 12.7. The van der Waals surface area contributed by atoms with Crippen LogP contribution in [0, 0.1) is 20.8 Å². The van der Waals surface area contributed by atoms with E-state index in [0.717, 1.165) is 5.76 Å². The predicted molar refractivity (Wildman–Crippen MR) is 90.1 cm³/mol. The number of amides is 1. The highest BCUT2D eigenvalue weighted by Gasteiger charge is 2.25. The molecule has 0 aliphatic rings. The van der Waals surface area contributed by atoms with Gasteiger partial charge in [0.05, 0.1) is 18.2 Å². The zero-order valence-corrected chi connectivity index (χ0v) is 15.0. The first kappa shape index (κ1) is 17.8. The summed E-state index contributed by atoms with van der Waals surface area (Å²) in [5.74, 6) is 0.896. The Hall–Kier alpha value is -2.50. The molecule has 0 fully saturated rings. The Bertz CT molecular complexity index is 755. The highest BCUT2D eigenvalue weighted by Crippen LogP contribution is 2.21. The normalized spacial score (nSPS) is 11.0. The molecule has 0 saturated heterocycles. The van der Waals surface area contributed by atoms with Gasteiger partial charge in [-0.2, -0.15) is 0 Å². The van der Waals surface area contributed by atoms with E-state index in [1.54, 1.807) is 39.6 Å². The molecule has 2 rings (SSSR count). The van der Waals surface area contributed by atoms with Crippen LogP contribution in [0.3, 0.4) is 0 Å². The van der Waals surface area contributed by atoms with Gasteiger partial charge in [0.2, 0.25) is 0 Å². The first-order valence-electron chi connectivity index (χ1n) is 7.91. The molecule has 0 unspecified atom stereocenters. The average molecular weight is 332 g/mol. The van der Waals surface area contributed by atoms with Gasteiger partial charge in [-0.15, -0.1) is 0 Å². The summed E-state index contributed by atoms with van der Waals surface area (Å²) in [6.07, 6.45) is -0.213. The lowest BCUT2D eigenvalue weighted by Crippen LogP contribution is -2.27. The standard InChI is InChI=1S/C18H24N2O4/c1-10(2)23-18(22)15-12(4)16(19-13(15)5)17(21)20(6)9-14-8-7-11(3)24-14/h7-8,10,19H,9H2,1-6H3. The minimum absolute atomic E-state index is 0.201. The third kappa shape index (κ3) is 3.69. The molecule has 0 aromatic carbocycles. The van der Waals surface area contributed by atoms with E-state index in [2.05, 4.69) is 4.98 Å². The summed E-state index contributed by atoms with van der Waals surface area (Å²) in [6.45, 7) is 9.31. The molecule has 0 aliphatic heterocycles. The lowest BCUT2D eigenvalue weighted by molar-refractivity contribution is 0.0376. The monoisotopic (exact) mass is 332 g/mol. The highest BCUT2D eigenvalue weighted by atomic mass is 16.5. The van der Waals surface area contributed by atoms with Crippen LogP contribution in [0.2, 0.25) is 0 Å². The van der Waals surface area contributed by atoms with Crippen molar-refractivity contribution in [2.45, 2.75) is 47.3 Å². The van der Waals surface area contributed by atoms with Crippen molar-refractivity contribution in [2.24, 2.45) is 0 Å². The van der Waals surface area contributed by atoms with E-state index in [9.17, 15) is 9.59 Å². The number of rotatable bonds is 5. The van der Waals surface area contributed by atoms with E-state index in [-0.39, 0.29) is 12.0 Å². The smallest absolute Gasteiger partial charge is 0.340 e. The summed E-state index contributed by atoms with van der Waals surface area (Å²) in [5.41, 5.74) is 2.05. The van der Waals surface area contributed by atoms with Crippen molar-refractivity contribution in [1.29, 1.82) is 0 Å². The minimum Gasteiger partial charge on any atom is -0.464 e. The maximum Gasteiger partial charge on any atom is 0.340 e. The van der Waals surface area contributed by atoms with Crippen molar-refractivity contribution >= 4 is 11.9 Å². The topological polar surface area (TPSA) is 75.5 Å². The molecule has 0 saturated carbocycles. The second-order valence-electron chi connectivity index (χ2n) is 6.25. The lowest BCUT2D eigenvalue weighted by Gasteiger charge is -2.15. The SMILES string of the molecule is Cc1ccc(CN(C)C(=O)c2[nH]c(C)c(C(=O)OC(C)C)c2C)o1. The molecule has 2 aromatic heterocycles. The molecule has 1 N–H and O–H groups in total. The Morgan fingerprint density at radius 1 is 1.25 bits per heavy atom. The van der Waals surface area contributed by atoms with Gasteiger partial charge in [0.1, 0.15) is 17.2 Å². The predicted octanol–water partition coefficient (Wildman–Crippen LogP) is 3.37. The quantitative estimate of drug-likeness (QED) is 0.852. The van der Waals surface area contributed by atoms with E-state index >= 15 is 0 Å². The molecule has 0 spiro atoms. The third-order valence-electron chi connectivity index (χ3n) is 3.73. The fourth-order valence-corrected chi connectivity index (χ4v) is 2.61. The number of furan rings is 1. The van der Waals surface area contributed by atoms with Gasteiger partial charge in [-0.05, 0) is 52.3 Å². The zero-order valence-electron chi connectivity index (χ0n) is 15.0. The van der Waals surface area contributed by atoms with Gasteiger partial charge in [-0.1, -0.05) is 0 Å². The molecule has 2 heterocycles. The van der Waals surface area contributed by atoms with Crippen molar-refractivity contribution in [2.75, 3.05) is 7.05 Å². The van der Waals surface area contributed by atoms with Crippen molar-refractivity contribution in [1.82, 2.24) is 9.88 Å². The van der Waals surface area contributed by atoms with Crippen LogP contribution in [-0.4, -0.2) is 34.9 Å². The van der Waals surface area contributed by atoms with Gasteiger partial charge in [0.15, 0.2) is 0 Å².